The predicted molar refractivity (Wildman–Crippen MR) is 135 cm³/mol. The van der Waals surface area contributed by atoms with E-state index >= 15 is 0 Å². The number of halogens is 3. The molecule has 0 aliphatic carbocycles. The molecule has 10 heteroatoms. The molecule has 0 unspecified atom stereocenters. The molecule has 3 aromatic rings. The van der Waals surface area contributed by atoms with Crippen LogP contribution in [-0.4, -0.2) is 51.9 Å². The molecule has 2 aliphatic heterocycles. The highest BCUT2D eigenvalue weighted by molar-refractivity contribution is 7.99. The van der Waals surface area contributed by atoms with Crippen molar-refractivity contribution >= 4 is 29.0 Å². The number of rotatable bonds is 5. The Hall–Kier alpha value is -3.11. The Morgan fingerprint density at radius 3 is 2.53 bits per heavy atom. The second-order valence-electron chi connectivity index (χ2n) is 9.01. The van der Waals surface area contributed by atoms with Gasteiger partial charge in [0, 0.05) is 55.5 Å². The first kappa shape index (κ1) is 24.6. The highest BCUT2D eigenvalue weighted by Crippen LogP contribution is 2.33. The van der Waals surface area contributed by atoms with Crippen LogP contribution in [0.2, 0.25) is 0 Å². The Labute approximate surface area is 211 Å². The topological polar surface area (TPSA) is 61.4 Å². The fourth-order valence-electron chi connectivity index (χ4n) is 4.61. The van der Waals surface area contributed by atoms with Crippen LogP contribution in [0, 0.1) is 0 Å². The van der Waals surface area contributed by atoms with Gasteiger partial charge in [-0.15, -0.1) is 0 Å². The summed E-state index contributed by atoms with van der Waals surface area (Å²) >= 11 is 1.85. The third kappa shape index (κ3) is 5.82. The van der Waals surface area contributed by atoms with Crippen molar-refractivity contribution in [2.75, 3.05) is 41.4 Å². The first-order valence-electron chi connectivity index (χ1n) is 11.8. The van der Waals surface area contributed by atoms with Crippen molar-refractivity contribution in [1.82, 2.24) is 14.9 Å². The number of amides is 1. The van der Waals surface area contributed by atoms with Gasteiger partial charge in [-0.1, -0.05) is 6.07 Å². The lowest BCUT2D eigenvalue weighted by molar-refractivity contribution is -0.137. The number of carbonyl (C=O) groups excluding carboxylic acids is 1. The first-order chi connectivity index (χ1) is 17.3. The van der Waals surface area contributed by atoms with Crippen molar-refractivity contribution in [3.05, 3.63) is 82.9 Å². The van der Waals surface area contributed by atoms with Crippen molar-refractivity contribution in [2.45, 2.75) is 25.7 Å². The standard InChI is InChI=1S/C26H26F3N5OS/c27-26(28,29)22-9-18(15-33-5-7-36-8-6-33)10-23(12-22)32-25(35)20-2-1-19-3-4-34(16-21(19)11-20)24-13-30-17-31-14-24/h1-2,9-14,17H,3-8,15-16H2,(H,32,35). The normalized spacial score (nSPS) is 16.5. The minimum atomic E-state index is -4.50. The number of nitrogens with one attached hydrogen (secondary N) is 1. The Morgan fingerprint density at radius 1 is 1.00 bits per heavy atom. The average Bonchev–Trinajstić information content (AvgIpc) is 2.88. The third-order valence-corrected chi connectivity index (χ3v) is 7.42. The van der Waals surface area contributed by atoms with E-state index < -0.39 is 17.6 Å². The fraction of sp³-hybridized carbons (Fsp3) is 0.346. The van der Waals surface area contributed by atoms with Crippen LogP contribution in [-0.2, 0) is 25.7 Å². The van der Waals surface area contributed by atoms with Crippen molar-refractivity contribution in [3.63, 3.8) is 0 Å². The molecule has 2 aliphatic rings. The van der Waals surface area contributed by atoms with E-state index in [9.17, 15) is 18.0 Å². The summed E-state index contributed by atoms with van der Waals surface area (Å²) in [4.78, 5) is 25.5. The van der Waals surface area contributed by atoms with Gasteiger partial charge in [0.15, 0.2) is 0 Å². The Morgan fingerprint density at radius 2 is 1.78 bits per heavy atom. The lowest BCUT2D eigenvalue weighted by Gasteiger charge is -2.30. The van der Waals surface area contributed by atoms with Gasteiger partial charge in [-0.05, 0) is 53.4 Å². The van der Waals surface area contributed by atoms with E-state index in [1.54, 1.807) is 24.5 Å². The zero-order chi connectivity index (χ0) is 25.1. The molecule has 1 N–H and O–H groups in total. The van der Waals surface area contributed by atoms with Crippen molar-refractivity contribution in [3.8, 4) is 0 Å². The molecule has 0 saturated carbocycles. The monoisotopic (exact) mass is 513 g/mol. The smallest absolute Gasteiger partial charge is 0.364 e. The molecule has 0 atom stereocenters. The maximum atomic E-state index is 13.6. The summed E-state index contributed by atoms with van der Waals surface area (Å²) in [7, 11) is 0. The molecule has 36 heavy (non-hydrogen) atoms. The van der Waals surface area contributed by atoms with E-state index in [-0.39, 0.29) is 5.69 Å². The van der Waals surface area contributed by atoms with Gasteiger partial charge < -0.3 is 10.2 Å². The number of anilines is 2. The third-order valence-electron chi connectivity index (χ3n) is 6.48. The molecular formula is C26H26F3N5OS. The van der Waals surface area contributed by atoms with Crippen LogP contribution in [0.4, 0.5) is 24.5 Å². The molecular weight excluding hydrogens is 487 g/mol. The van der Waals surface area contributed by atoms with Gasteiger partial charge >= 0.3 is 6.18 Å². The van der Waals surface area contributed by atoms with E-state index in [1.807, 2.05) is 23.9 Å². The molecule has 1 fully saturated rings. The molecule has 3 heterocycles. The average molecular weight is 514 g/mol. The fourth-order valence-corrected chi connectivity index (χ4v) is 5.59. The minimum Gasteiger partial charge on any atom is -0.364 e. The highest BCUT2D eigenvalue weighted by Gasteiger charge is 2.31. The molecule has 1 aromatic heterocycles. The lowest BCUT2D eigenvalue weighted by atomic mass is 9.97. The second kappa shape index (κ2) is 10.5. The van der Waals surface area contributed by atoms with Gasteiger partial charge in [0.1, 0.15) is 6.33 Å². The maximum Gasteiger partial charge on any atom is 0.416 e. The molecule has 2 aromatic carbocycles. The molecule has 6 nitrogen and oxygen atoms in total. The number of carbonyl (C=O) groups is 1. The quantitative estimate of drug-likeness (QED) is 0.526. The van der Waals surface area contributed by atoms with Crippen LogP contribution in [0.1, 0.15) is 32.6 Å². The molecule has 1 amide bonds. The number of fused-ring (bicyclic) bond motifs is 1. The number of aromatic nitrogens is 2. The van der Waals surface area contributed by atoms with Crippen LogP contribution < -0.4 is 10.2 Å². The van der Waals surface area contributed by atoms with Gasteiger partial charge in [0.2, 0.25) is 0 Å². The molecule has 188 valence electrons. The first-order valence-corrected chi connectivity index (χ1v) is 12.9. The number of alkyl halides is 3. The Kier molecular flexibility index (Phi) is 7.15. The summed E-state index contributed by atoms with van der Waals surface area (Å²) in [5.41, 5.74) is 3.41. The summed E-state index contributed by atoms with van der Waals surface area (Å²) in [6.07, 6.45) is 1.31. The van der Waals surface area contributed by atoms with Gasteiger partial charge in [-0.25, -0.2) is 9.97 Å². The Bertz CT molecular complexity index is 1230. The molecule has 5 rings (SSSR count). The van der Waals surface area contributed by atoms with Crippen molar-refractivity contribution in [1.29, 1.82) is 0 Å². The van der Waals surface area contributed by atoms with Crippen molar-refractivity contribution < 1.29 is 18.0 Å². The lowest BCUT2D eigenvalue weighted by Crippen LogP contribution is -2.32. The largest absolute Gasteiger partial charge is 0.416 e. The van der Waals surface area contributed by atoms with Crippen LogP contribution in [0.15, 0.2) is 55.1 Å². The van der Waals surface area contributed by atoms with E-state index in [2.05, 4.69) is 25.1 Å². The SMILES string of the molecule is O=C(Nc1cc(CN2CCSCC2)cc(C(F)(F)F)c1)c1ccc2c(c1)CN(c1cncnc1)CC2. The summed E-state index contributed by atoms with van der Waals surface area (Å²) in [6, 6.07) is 9.30. The summed E-state index contributed by atoms with van der Waals surface area (Å²) < 4.78 is 40.8. The number of thioether (sulfide) groups is 1. The Balaban J connectivity index is 1.35. The highest BCUT2D eigenvalue weighted by atomic mass is 32.2. The van der Waals surface area contributed by atoms with Gasteiger partial charge in [0.25, 0.3) is 5.91 Å². The molecule has 0 bridgehead atoms. The van der Waals surface area contributed by atoms with Crippen LogP contribution in [0.25, 0.3) is 0 Å². The van der Waals surface area contributed by atoms with Gasteiger partial charge in [-0.2, -0.15) is 24.9 Å². The number of hydrogen-bond donors (Lipinski definition) is 1. The zero-order valence-electron chi connectivity index (χ0n) is 19.6. The van der Waals surface area contributed by atoms with Crippen LogP contribution >= 0.6 is 11.8 Å². The number of nitrogens with zero attached hydrogens (tertiary/aromatic N) is 4. The molecule has 0 spiro atoms. The van der Waals surface area contributed by atoms with Crippen molar-refractivity contribution in [2.24, 2.45) is 0 Å². The summed E-state index contributed by atoms with van der Waals surface area (Å²) in [5, 5.41) is 2.70. The van der Waals surface area contributed by atoms with Crippen LogP contribution in [0.5, 0.6) is 0 Å². The van der Waals surface area contributed by atoms with E-state index in [1.165, 1.54) is 12.4 Å². The molecule has 1 saturated heterocycles. The van der Waals surface area contributed by atoms with Gasteiger partial charge in [0.05, 0.1) is 23.6 Å². The van der Waals surface area contributed by atoms with Crippen LogP contribution in [0.3, 0.4) is 0 Å². The van der Waals surface area contributed by atoms with E-state index in [0.29, 0.717) is 24.2 Å². The summed E-state index contributed by atoms with van der Waals surface area (Å²) in [5.74, 6) is 1.50. The predicted octanol–water partition coefficient (Wildman–Crippen LogP) is 4.86. The second-order valence-corrected chi connectivity index (χ2v) is 10.2. The van der Waals surface area contributed by atoms with E-state index in [4.69, 9.17) is 0 Å². The van der Waals surface area contributed by atoms with E-state index in [0.717, 1.165) is 60.4 Å². The number of benzene rings is 2. The molecule has 0 radical (unpaired) electrons. The maximum absolute atomic E-state index is 13.6. The minimum absolute atomic E-state index is 0.150. The summed E-state index contributed by atoms with van der Waals surface area (Å²) in [6.45, 7) is 3.51. The number of hydrogen-bond acceptors (Lipinski definition) is 6. The zero-order valence-corrected chi connectivity index (χ0v) is 20.4. The van der Waals surface area contributed by atoms with Gasteiger partial charge in [-0.3, -0.25) is 9.69 Å².